The monoisotopic (exact) mass is 314 g/mol. The highest BCUT2D eigenvalue weighted by Crippen LogP contribution is 2.35. The van der Waals surface area contributed by atoms with Crippen LogP contribution in [0.3, 0.4) is 0 Å². The summed E-state index contributed by atoms with van der Waals surface area (Å²) in [5.41, 5.74) is 3.71. The lowest BCUT2D eigenvalue weighted by Crippen LogP contribution is -2.05. The summed E-state index contributed by atoms with van der Waals surface area (Å²) in [7, 11) is 0. The summed E-state index contributed by atoms with van der Waals surface area (Å²) >= 11 is 3.54. The molecule has 0 saturated heterocycles. The number of benzene rings is 2. The van der Waals surface area contributed by atoms with Crippen LogP contribution in [-0.4, -0.2) is 6.61 Å². The van der Waals surface area contributed by atoms with Gasteiger partial charge < -0.3 is 4.74 Å². The van der Waals surface area contributed by atoms with Crippen LogP contribution in [0.5, 0.6) is 0 Å². The molecule has 0 radical (unpaired) electrons. The second kappa shape index (κ2) is 5.62. The molecule has 0 N–H and O–H groups in total. The van der Waals surface area contributed by atoms with Gasteiger partial charge in [0, 0.05) is 15.6 Å². The Bertz CT molecular complexity index is 602. The molecule has 0 bridgehead atoms. The van der Waals surface area contributed by atoms with Crippen molar-refractivity contribution in [1.29, 1.82) is 0 Å². The highest BCUT2D eigenvalue weighted by Gasteiger charge is 2.17. The van der Waals surface area contributed by atoms with Crippen LogP contribution in [0.15, 0.2) is 59.1 Å². The predicted molar refractivity (Wildman–Crippen MR) is 82.6 cm³/mol. The summed E-state index contributed by atoms with van der Waals surface area (Å²) < 4.78 is 7.04. The van der Waals surface area contributed by atoms with Crippen molar-refractivity contribution in [3.05, 3.63) is 70.2 Å². The van der Waals surface area contributed by atoms with Gasteiger partial charge in [-0.15, -0.1) is 0 Å². The number of allylic oxidation sites excluding steroid dienone is 1. The maximum Gasteiger partial charge on any atom is 0.130 e. The van der Waals surface area contributed by atoms with Crippen molar-refractivity contribution >= 4 is 27.3 Å². The molecule has 0 aromatic heterocycles. The molecule has 0 amide bonds. The van der Waals surface area contributed by atoms with Crippen LogP contribution in [0.4, 0.5) is 0 Å². The summed E-state index contributed by atoms with van der Waals surface area (Å²) in [6, 6.07) is 18.8. The van der Waals surface area contributed by atoms with E-state index in [9.17, 15) is 0 Å². The molecule has 19 heavy (non-hydrogen) atoms. The van der Waals surface area contributed by atoms with Crippen LogP contribution in [0.25, 0.3) is 11.3 Å². The van der Waals surface area contributed by atoms with E-state index < -0.39 is 0 Å². The van der Waals surface area contributed by atoms with Gasteiger partial charge in [0.25, 0.3) is 0 Å². The summed E-state index contributed by atoms with van der Waals surface area (Å²) in [6.07, 6.45) is 2.15. The van der Waals surface area contributed by atoms with E-state index in [4.69, 9.17) is 4.74 Å². The third kappa shape index (κ3) is 2.74. The first-order chi connectivity index (χ1) is 9.34. The average molecular weight is 315 g/mol. The van der Waals surface area contributed by atoms with E-state index in [0.29, 0.717) is 0 Å². The van der Waals surface area contributed by atoms with Crippen molar-refractivity contribution in [2.45, 2.75) is 12.8 Å². The van der Waals surface area contributed by atoms with Crippen molar-refractivity contribution in [2.75, 3.05) is 6.61 Å². The van der Waals surface area contributed by atoms with Gasteiger partial charge in [-0.2, -0.15) is 0 Å². The second-order valence-electron chi connectivity index (χ2n) is 4.64. The maximum atomic E-state index is 5.94. The molecule has 0 fully saturated rings. The van der Waals surface area contributed by atoms with E-state index in [1.807, 2.05) is 6.07 Å². The summed E-state index contributed by atoms with van der Waals surface area (Å²) in [5.74, 6) is 1.03. The number of hydrogen-bond acceptors (Lipinski definition) is 1. The first kappa shape index (κ1) is 12.5. The highest BCUT2D eigenvalue weighted by atomic mass is 79.9. The molecule has 96 valence electrons. The lowest BCUT2D eigenvalue weighted by atomic mass is 9.95. The minimum absolute atomic E-state index is 0.807. The molecular weight excluding hydrogens is 300 g/mol. The summed E-state index contributed by atoms with van der Waals surface area (Å²) in [4.78, 5) is 0. The third-order valence-electron chi connectivity index (χ3n) is 3.30. The predicted octanol–water partition coefficient (Wildman–Crippen LogP) is 5.13. The van der Waals surface area contributed by atoms with Crippen LogP contribution in [0.2, 0.25) is 0 Å². The molecule has 1 aliphatic heterocycles. The van der Waals surface area contributed by atoms with Gasteiger partial charge in [-0.1, -0.05) is 58.4 Å². The molecule has 2 heteroatoms. The first-order valence-corrected chi connectivity index (χ1v) is 7.31. The highest BCUT2D eigenvalue weighted by molar-refractivity contribution is 9.10. The Morgan fingerprint density at radius 1 is 0.895 bits per heavy atom. The smallest absolute Gasteiger partial charge is 0.130 e. The molecule has 0 saturated carbocycles. The van der Waals surface area contributed by atoms with Gasteiger partial charge in [0.1, 0.15) is 5.76 Å². The number of rotatable bonds is 2. The molecular formula is C17H15BrO. The zero-order valence-electron chi connectivity index (χ0n) is 10.6. The topological polar surface area (TPSA) is 9.23 Å². The molecule has 0 aliphatic carbocycles. The number of hydrogen-bond donors (Lipinski definition) is 0. The van der Waals surface area contributed by atoms with Crippen molar-refractivity contribution in [3.8, 4) is 0 Å². The molecule has 1 nitrogen and oxygen atoms in total. The lowest BCUT2D eigenvalue weighted by Gasteiger charge is -2.22. The quantitative estimate of drug-likeness (QED) is 0.746. The van der Waals surface area contributed by atoms with E-state index in [-0.39, 0.29) is 0 Å². The minimum atomic E-state index is 0.807. The van der Waals surface area contributed by atoms with Crippen molar-refractivity contribution in [1.82, 2.24) is 0 Å². The van der Waals surface area contributed by atoms with E-state index >= 15 is 0 Å². The Hall–Kier alpha value is -1.54. The minimum Gasteiger partial charge on any atom is -0.493 e. The Morgan fingerprint density at radius 3 is 2.47 bits per heavy atom. The van der Waals surface area contributed by atoms with Crippen LogP contribution in [0.1, 0.15) is 24.0 Å². The maximum absolute atomic E-state index is 5.94. The third-order valence-corrected chi connectivity index (χ3v) is 3.79. The summed E-state index contributed by atoms with van der Waals surface area (Å²) in [6.45, 7) is 0.807. The molecule has 1 aliphatic rings. The van der Waals surface area contributed by atoms with Gasteiger partial charge in [-0.3, -0.25) is 0 Å². The second-order valence-corrected chi connectivity index (χ2v) is 5.55. The number of ether oxygens (including phenoxy) is 1. The fraction of sp³-hybridized carbons (Fsp3) is 0.176. The Balaban J connectivity index is 2.11. The first-order valence-electron chi connectivity index (χ1n) is 6.52. The Labute approximate surface area is 122 Å². The fourth-order valence-electron chi connectivity index (χ4n) is 2.42. The van der Waals surface area contributed by atoms with E-state index in [1.54, 1.807) is 0 Å². The molecule has 3 rings (SSSR count). The molecule has 2 aromatic carbocycles. The average Bonchev–Trinajstić information content (AvgIpc) is 2.48. The SMILES string of the molecule is Brc1cccc(C2=C(c3ccccc3)OCCC2)c1. The van der Waals surface area contributed by atoms with Crippen LogP contribution in [-0.2, 0) is 4.74 Å². The van der Waals surface area contributed by atoms with Crippen molar-refractivity contribution in [2.24, 2.45) is 0 Å². The summed E-state index contributed by atoms with van der Waals surface area (Å²) in [5, 5.41) is 0. The van der Waals surface area contributed by atoms with Crippen LogP contribution >= 0.6 is 15.9 Å². The zero-order chi connectivity index (χ0) is 13.1. The van der Waals surface area contributed by atoms with Gasteiger partial charge in [0.2, 0.25) is 0 Å². The van der Waals surface area contributed by atoms with Crippen LogP contribution < -0.4 is 0 Å². The van der Waals surface area contributed by atoms with Gasteiger partial charge >= 0.3 is 0 Å². The van der Waals surface area contributed by atoms with Gasteiger partial charge in [0.05, 0.1) is 6.61 Å². The largest absolute Gasteiger partial charge is 0.493 e. The van der Waals surface area contributed by atoms with Crippen LogP contribution in [0, 0.1) is 0 Å². The zero-order valence-corrected chi connectivity index (χ0v) is 12.2. The Morgan fingerprint density at radius 2 is 1.68 bits per heavy atom. The standard InChI is InChI=1S/C17H15BrO/c18-15-9-4-8-14(12-15)16-10-5-11-19-17(16)13-6-2-1-3-7-13/h1-4,6-9,12H,5,10-11H2. The van der Waals surface area contributed by atoms with Gasteiger partial charge in [-0.05, 0) is 30.5 Å². The van der Waals surface area contributed by atoms with Gasteiger partial charge in [-0.25, -0.2) is 0 Å². The molecule has 0 unspecified atom stereocenters. The molecule has 1 heterocycles. The fourth-order valence-corrected chi connectivity index (χ4v) is 2.82. The van der Waals surface area contributed by atoms with E-state index in [2.05, 4.69) is 64.5 Å². The lowest BCUT2D eigenvalue weighted by molar-refractivity contribution is 0.262. The normalized spacial score (nSPS) is 15.2. The van der Waals surface area contributed by atoms with Gasteiger partial charge in [0.15, 0.2) is 0 Å². The molecule has 0 atom stereocenters. The number of halogens is 1. The van der Waals surface area contributed by atoms with Crippen molar-refractivity contribution in [3.63, 3.8) is 0 Å². The molecule has 2 aromatic rings. The van der Waals surface area contributed by atoms with Crippen molar-refractivity contribution < 1.29 is 4.74 Å². The molecule has 0 spiro atoms. The van der Waals surface area contributed by atoms with E-state index in [0.717, 1.165) is 35.2 Å². The van der Waals surface area contributed by atoms with E-state index in [1.165, 1.54) is 11.1 Å². The Kier molecular flexibility index (Phi) is 3.69.